The van der Waals surface area contributed by atoms with Gasteiger partial charge < -0.3 is 5.73 Å². The van der Waals surface area contributed by atoms with Crippen molar-refractivity contribution < 1.29 is 13.0 Å². The van der Waals surface area contributed by atoms with Crippen molar-refractivity contribution in [2.45, 2.75) is 18.7 Å². The molecule has 3 N–H and O–H groups in total. The summed E-state index contributed by atoms with van der Waals surface area (Å²) >= 11 is 0. The summed E-state index contributed by atoms with van der Waals surface area (Å²) in [5.74, 6) is 0. The van der Waals surface area contributed by atoms with Crippen LogP contribution in [-0.4, -0.2) is 13.0 Å². The summed E-state index contributed by atoms with van der Waals surface area (Å²) in [6, 6.07) is 9.66. The number of nitrogen functional groups attached to an aromatic ring is 1. The first kappa shape index (κ1) is 15.1. The summed E-state index contributed by atoms with van der Waals surface area (Å²) in [7, 11) is -4.27. The van der Waals surface area contributed by atoms with Crippen LogP contribution in [-0.2, 0) is 10.1 Å². The van der Waals surface area contributed by atoms with E-state index in [-0.39, 0.29) is 4.90 Å². The topological polar surface area (TPSA) is 105 Å². The molecule has 6 nitrogen and oxygen atoms in total. The van der Waals surface area contributed by atoms with Gasteiger partial charge in [0.2, 0.25) is 0 Å². The second-order valence-electron chi connectivity index (χ2n) is 4.62. The molecule has 0 aliphatic carbocycles. The van der Waals surface area contributed by atoms with Gasteiger partial charge in [0.05, 0.1) is 16.3 Å². The molecular formula is C14H15N3O3S. The molecule has 7 heteroatoms. The summed E-state index contributed by atoms with van der Waals surface area (Å²) in [5, 5.41) is 8.14. The maximum absolute atomic E-state index is 11.2. The first-order valence-electron chi connectivity index (χ1n) is 6.14. The number of nitrogens with zero attached hydrogens (tertiary/aromatic N) is 2. The Balaban J connectivity index is 2.42. The zero-order chi connectivity index (χ0) is 15.6. The summed E-state index contributed by atoms with van der Waals surface area (Å²) in [5.41, 5.74) is 8.52. The molecule has 0 radical (unpaired) electrons. The summed E-state index contributed by atoms with van der Waals surface area (Å²) in [6.45, 7) is 3.42. The highest BCUT2D eigenvalue weighted by molar-refractivity contribution is 7.85. The smallest absolute Gasteiger partial charge is 0.294 e. The van der Waals surface area contributed by atoms with Crippen LogP contribution < -0.4 is 5.73 Å². The van der Waals surface area contributed by atoms with E-state index in [9.17, 15) is 8.42 Å². The summed E-state index contributed by atoms with van der Waals surface area (Å²) in [4.78, 5) is -0.173. The molecule has 0 atom stereocenters. The molecule has 2 aromatic carbocycles. The summed E-state index contributed by atoms with van der Waals surface area (Å²) < 4.78 is 31.6. The van der Waals surface area contributed by atoms with Gasteiger partial charge in [-0.05, 0) is 55.3 Å². The minimum atomic E-state index is -4.27. The van der Waals surface area contributed by atoms with Crippen LogP contribution in [0.1, 0.15) is 11.1 Å². The minimum Gasteiger partial charge on any atom is -0.399 e. The van der Waals surface area contributed by atoms with Crippen molar-refractivity contribution in [1.29, 1.82) is 0 Å². The van der Waals surface area contributed by atoms with Crippen LogP contribution in [0.25, 0.3) is 0 Å². The van der Waals surface area contributed by atoms with Crippen molar-refractivity contribution in [2.75, 3.05) is 5.73 Å². The lowest BCUT2D eigenvalue weighted by molar-refractivity contribution is 0.482. The second-order valence-corrected chi connectivity index (χ2v) is 6.01. The van der Waals surface area contributed by atoms with Crippen molar-refractivity contribution >= 4 is 27.2 Å². The zero-order valence-electron chi connectivity index (χ0n) is 11.6. The number of aryl methyl sites for hydroxylation is 1. The van der Waals surface area contributed by atoms with Gasteiger partial charge in [-0.1, -0.05) is 6.07 Å². The predicted octanol–water partition coefficient (Wildman–Crippen LogP) is 3.55. The lowest BCUT2D eigenvalue weighted by Gasteiger charge is -2.05. The van der Waals surface area contributed by atoms with E-state index in [1.165, 1.54) is 12.1 Å². The molecule has 0 spiro atoms. The normalized spacial score (nSPS) is 12.0. The molecule has 0 fully saturated rings. The van der Waals surface area contributed by atoms with Crippen LogP contribution in [0.2, 0.25) is 0 Å². The van der Waals surface area contributed by atoms with E-state index in [0.29, 0.717) is 22.6 Å². The third kappa shape index (κ3) is 3.45. The quantitative estimate of drug-likeness (QED) is 0.514. The molecule has 2 rings (SSSR count). The molecule has 0 saturated carbocycles. The number of azo groups is 1. The Bertz CT molecular complexity index is 814. The third-order valence-corrected chi connectivity index (χ3v) is 4.02. The van der Waals surface area contributed by atoms with Crippen molar-refractivity contribution in [3.8, 4) is 0 Å². The number of benzene rings is 2. The van der Waals surface area contributed by atoms with Crippen LogP contribution >= 0.6 is 0 Å². The highest BCUT2D eigenvalue weighted by Gasteiger charge is 2.14. The summed E-state index contributed by atoms with van der Waals surface area (Å²) in [6.07, 6.45) is 0. The Hall–Kier alpha value is -2.25. The standard InChI is InChI=1S/C14H15N3O3S/c1-9-8-11(15)6-7-12(9)16-17-13-4-3-5-14(10(13)2)21(18,19)20/h3-8H,15H2,1-2H3,(H,18,19,20). The van der Waals surface area contributed by atoms with Gasteiger partial charge in [0.25, 0.3) is 10.1 Å². The zero-order valence-corrected chi connectivity index (χ0v) is 12.4. The van der Waals surface area contributed by atoms with Gasteiger partial charge in [-0.3, -0.25) is 4.55 Å². The number of rotatable bonds is 3. The maximum atomic E-state index is 11.2. The molecule has 0 amide bonds. The van der Waals surface area contributed by atoms with Gasteiger partial charge in [0.1, 0.15) is 0 Å². The van der Waals surface area contributed by atoms with E-state index in [0.717, 1.165) is 5.56 Å². The average molecular weight is 305 g/mol. The van der Waals surface area contributed by atoms with E-state index < -0.39 is 10.1 Å². The Labute approximate surface area is 123 Å². The molecule has 0 bridgehead atoms. The molecular weight excluding hydrogens is 290 g/mol. The number of hydrogen-bond donors (Lipinski definition) is 2. The van der Waals surface area contributed by atoms with E-state index in [1.54, 1.807) is 31.2 Å². The van der Waals surface area contributed by atoms with Gasteiger partial charge in [-0.15, -0.1) is 0 Å². The minimum absolute atomic E-state index is 0.173. The van der Waals surface area contributed by atoms with Crippen molar-refractivity contribution in [3.05, 3.63) is 47.5 Å². The Morgan fingerprint density at radius 2 is 1.71 bits per heavy atom. The fraction of sp³-hybridized carbons (Fsp3) is 0.143. The van der Waals surface area contributed by atoms with Crippen molar-refractivity contribution in [1.82, 2.24) is 0 Å². The molecule has 0 unspecified atom stereocenters. The first-order valence-corrected chi connectivity index (χ1v) is 7.58. The van der Waals surface area contributed by atoms with Crippen LogP contribution in [0, 0.1) is 13.8 Å². The van der Waals surface area contributed by atoms with Crippen molar-refractivity contribution in [3.63, 3.8) is 0 Å². The molecule has 21 heavy (non-hydrogen) atoms. The Morgan fingerprint density at radius 1 is 1.05 bits per heavy atom. The molecule has 0 heterocycles. The van der Waals surface area contributed by atoms with Crippen LogP contribution in [0.15, 0.2) is 51.5 Å². The van der Waals surface area contributed by atoms with E-state index in [1.807, 2.05) is 6.92 Å². The van der Waals surface area contributed by atoms with Gasteiger partial charge in [0, 0.05) is 5.69 Å². The van der Waals surface area contributed by atoms with Gasteiger partial charge in [-0.2, -0.15) is 18.6 Å². The van der Waals surface area contributed by atoms with Crippen LogP contribution in [0.3, 0.4) is 0 Å². The van der Waals surface area contributed by atoms with Gasteiger partial charge in [-0.25, -0.2) is 0 Å². The molecule has 0 aliphatic heterocycles. The molecule has 2 aromatic rings. The van der Waals surface area contributed by atoms with E-state index >= 15 is 0 Å². The predicted molar refractivity (Wildman–Crippen MR) is 80.8 cm³/mol. The molecule has 110 valence electrons. The van der Waals surface area contributed by atoms with Crippen LogP contribution in [0.5, 0.6) is 0 Å². The number of hydrogen-bond acceptors (Lipinski definition) is 5. The second kappa shape index (κ2) is 5.63. The highest BCUT2D eigenvalue weighted by atomic mass is 32.2. The Kier molecular flexibility index (Phi) is 4.06. The Morgan fingerprint density at radius 3 is 2.33 bits per heavy atom. The van der Waals surface area contributed by atoms with Crippen LogP contribution in [0.4, 0.5) is 17.1 Å². The molecule has 0 aliphatic rings. The number of nitrogens with two attached hydrogens (primary N) is 1. The first-order chi connectivity index (χ1) is 9.79. The monoisotopic (exact) mass is 305 g/mol. The average Bonchev–Trinajstić information content (AvgIpc) is 2.38. The fourth-order valence-corrected chi connectivity index (χ4v) is 2.63. The highest BCUT2D eigenvalue weighted by Crippen LogP contribution is 2.28. The lowest BCUT2D eigenvalue weighted by Crippen LogP contribution is -2.00. The van der Waals surface area contributed by atoms with Crippen molar-refractivity contribution in [2.24, 2.45) is 10.2 Å². The maximum Gasteiger partial charge on any atom is 0.294 e. The lowest BCUT2D eigenvalue weighted by atomic mass is 10.2. The third-order valence-electron chi connectivity index (χ3n) is 3.02. The molecule has 0 saturated heterocycles. The largest absolute Gasteiger partial charge is 0.399 e. The number of anilines is 1. The van der Waals surface area contributed by atoms with Gasteiger partial charge >= 0.3 is 0 Å². The van der Waals surface area contributed by atoms with E-state index in [2.05, 4.69) is 10.2 Å². The van der Waals surface area contributed by atoms with Gasteiger partial charge in [0.15, 0.2) is 0 Å². The van der Waals surface area contributed by atoms with E-state index in [4.69, 9.17) is 10.3 Å². The molecule has 0 aromatic heterocycles. The SMILES string of the molecule is Cc1cc(N)ccc1N=Nc1cccc(S(=O)(=O)O)c1C. The fourth-order valence-electron chi connectivity index (χ4n) is 1.89.